The molecule has 0 heterocycles. The zero-order valence-corrected chi connectivity index (χ0v) is 16.9. The summed E-state index contributed by atoms with van der Waals surface area (Å²) in [6, 6.07) is 14.2. The predicted octanol–water partition coefficient (Wildman–Crippen LogP) is 3.76. The van der Waals surface area contributed by atoms with Gasteiger partial charge >= 0.3 is 5.97 Å². The highest BCUT2D eigenvalue weighted by molar-refractivity contribution is 8.00. The second-order valence-electron chi connectivity index (χ2n) is 5.81. The molecule has 2 aromatic rings. The zero-order chi connectivity index (χ0) is 20.4. The number of esters is 1. The summed E-state index contributed by atoms with van der Waals surface area (Å²) < 4.78 is 4.92. The standard InChI is InChI=1S/C20H21ClN2O4S/c1-2-14-3-7-16(8-4-14)22-18(24)11-27-20(26)13-28-12-19(25)23-17-9-5-15(21)6-10-17/h3-10H,2,11-13H2,1H3,(H,22,24)(H,23,25). The van der Waals surface area contributed by atoms with E-state index in [1.807, 2.05) is 19.1 Å². The van der Waals surface area contributed by atoms with Gasteiger partial charge in [-0.2, -0.15) is 0 Å². The number of hydrogen-bond donors (Lipinski definition) is 2. The first-order chi connectivity index (χ1) is 13.5. The van der Waals surface area contributed by atoms with E-state index in [1.165, 1.54) is 5.56 Å². The van der Waals surface area contributed by atoms with E-state index in [2.05, 4.69) is 10.6 Å². The number of nitrogens with one attached hydrogen (secondary N) is 2. The first-order valence-electron chi connectivity index (χ1n) is 8.64. The molecule has 0 saturated carbocycles. The Labute approximate surface area is 173 Å². The molecule has 0 radical (unpaired) electrons. The molecule has 2 amide bonds. The van der Waals surface area contributed by atoms with Gasteiger partial charge in [0.2, 0.25) is 5.91 Å². The average Bonchev–Trinajstić information content (AvgIpc) is 2.69. The third-order valence-electron chi connectivity index (χ3n) is 3.59. The number of hydrogen-bond acceptors (Lipinski definition) is 5. The van der Waals surface area contributed by atoms with Crippen LogP contribution < -0.4 is 10.6 Å². The van der Waals surface area contributed by atoms with Gasteiger partial charge in [-0.3, -0.25) is 14.4 Å². The van der Waals surface area contributed by atoms with Crippen LogP contribution in [0, 0.1) is 0 Å². The van der Waals surface area contributed by atoms with E-state index in [1.54, 1.807) is 36.4 Å². The SMILES string of the molecule is CCc1ccc(NC(=O)COC(=O)CSCC(=O)Nc2ccc(Cl)cc2)cc1. The quantitative estimate of drug-likeness (QED) is 0.603. The Hall–Kier alpha value is -2.51. The van der Waals surface area contributed by atoms with Crippen molar-refractivity contribution in [3.05, 3.63) is 59.1 Å². The van der Waals surface area contributed by atoms with Crippen molar-refractivity contribution in [2.24, 2.45) is 0 Å². The number of ether oxygens (including phenoxy) is 1. The topological polar surface area (TPSA) is 84.5 Å². The number of amides is 2. The summed E-state index contributed by atoms with van der Waals surface area (Å²) in [4.78, 5) is 35.3. The van der Waals surface area contributed by atoms with Crippen LogP contribution in [0.5, 0.6) is 0 Å². The summed E-state index contributed by atoms with van der Waals surface area (Å²) >= 11 is 6.89. The first kappa shape index (κ1) is 21.8. The lowest BCUT2D eigenvalue weighted by Gasteiger charge is -2.07. The van der Waals surface area contributed by atoms with Gasteiger partial charge < -0.3 is 15.4 Å². The van der Waals surface area contributed by atoms with E-state index < -0.39 is 11.9 Å². The molecular formula is C20H21ClN2O4S. The van der Waals surface area contributed by atoms with E-state index >= 15 is 0 Å². The molecule has 0 aliphatic heterocycles. The third kappa shape index (κ3) is 8.02. The molecule has 28 heavy (non-hydrogen) atoms. The van der Waals surface area contributed by atoms with Gasteiger partial charge in [0, 0.05) is 16.4 Å². The molecule has 2 aromatic carbocycles. The minimum Gasteiger partial charge on any atom is -0.455 e. The predicted molar refractivity (Wildman–Crippen MR) is 113 cm³/mol. The number of rotatable bonds is 9. The van der Waals surface area contributed by atoms with E-state index in [0.29, 0.717) is 16.4 Å². The molecular weight excluding hydrogens is 400 g/mol. The number of anilines is 2. The molecule has 0 saturated heterocycles. The van der Waals surface area contributed by atoms with Gasteiger partial charge in [0.15, 0.2) is 6.61 Å². The number of carbonyl (C=O) groups is 3. The molecule has 2 rings (SSSR count). The van der Waals surface area contributed by atoms with Crippen molar-refractivity contribution in [1.82, 2.24) is 0 Å². The third-order valence-corrected chi connectivity index (χ3v) is 4.75. The molecule has 2 N–H and O–H groups in total. The highest BCUT2D eigenvalue weighted by Gasteiger charge is 2.10. The van der Waals surface area contributed by atoms with Crippen LogP contribution >= 0.6 is 23.4 Å². The van der Waals surface area contributed by atoms with Crippen LogP contribution in [0.4, 0.5) is 11.4 Å². The van der Waals surface area contributed by atoms with Gasteiger partial charge in [-0.15, -0.1) is 11.8 Å². The number of halogens is 1. The molecule has 0 aromatic heterocycles. The molecule has 0 spiro atoms. The van der Waals surface area contributed by atoms with Gasteiger partial charge in [0.1, 0.15) is 0 Å². The number of aryl methyl sites for hydroxylation is 1. The van der Waals surface area contributed by atoms with Crippen molar-refractivity contribution >= 4 is 52.5 Å². The fourth-order valence-electron chi connectivity index (χ4n) is 2.17. The van der Waals surface area contributed by atoms with Gasteiger partial charge in [-0.05, 0) is 48.4 Å². The molecule has 8 heteroatoms. The maximum absolute atomic E-state index is 11.8. The molecule has 148 valence electrons. The van der Waals surface area contributed by atoms with Crippen molar-refractivity contribution < 1.29 is 19.1 Å². The maximum atomic E-state index is 11.8. The Morgan fingerprint density at radius 1 is 0.893 bits per heavy atom. The largest absolute Gasteiger partial charge is 0.455 e. The van der Waals surface area contributed by atoms with Crippen LogP contribution in [0.2, 0.25) is 5.02 Å². The molecule has 6 nitrogen and oxygen atoms in total. The maximum Gasteiger partial charge on any atom is 0.316 e. The van der Waals surface area contributed by atoms with Gasteiger partial charge in [-0.1, -0.05) is 30.7 Å². The fourth-order valence-corrected chi connectivity index (χ4v) is 2.90. The summed E-state index contributed by atoms with van der Waals surface area (Å²) in [5.74, 6) is -1.14. The molecule has 0 atom stereocenters. The minimum atomic E-state index is -0.555. The summed E-state index contributed by atoms with van der Waals surface area (Å²) in [7, 11) is 0. The van der Waals surface area contributed by atoms with Crippen molar-refractivity contribution in [2.45, 2.75) is 13.3 Å². The van der Waals surface area contributed by atoms with Crippen molar-refractivity contribution in [2.75, 3.05) is 28.7 Å². The Morgan fingerprint density at radius 2 is 1.46 bits per heavy atom. The molecule has 0 fully saturated rings. The lowest BCUT2D eigenvalue weighted by atomic mass is 10.1. The molecule has 0 unspecified atom stereocenters. The van der Waals surface area contributed by atoms with Gasteiger partial charge in [0.05, 0.1) is 11.5 Å². The van der Waals surface area contributed by atoms with Crippen molar-refractivity contribution in [3.63, 3.8) is 0 Å². The summed E-state index contributed by atoms with van der Waals surface area (Å²) in [5, 5.41) is 5.93. The second-order valence-corrected chi connectivity index (χ2v) is 7.23. The van der Waals surface area contributed by atoms with E-state index in [0.717, 1.165) is 18.2 Å². The van der Waals surface area contributed by atoms with Crippen LogP contribution in [0.15, 0.2) is 48.5 Å². The molecule has 0 aliphatic carbocycles. The lowest BCUT2D eigenvalue weighted by Crippen LogP contribution is -2.22. The summed E-state index contributed by atoms with van der Waals surface area (Å²) in [5.41, 5.74) is 2.44. The van der Waals surface area contributed by atoms with Crippen LogP contribution in [0.25, 0.3) is 0 Å². The van der Waals surface area contributed by atoms with Crippen LogP contribution in [-0.4, -0.2) is 35.9 Å². The Kier molecular flexibility index (Phi) is 8.84. The number of thioether (sulfide) groups is 1. The molecule has 0 aliphatic rings. The Morgan fingerprint density at radius 3 is 2.07 bits per heavy atom. The van der Waals surface area contributed by atoms with Crippen molar-refractivity contribution in [1.29, 1.82) is 0 Å². The Balaban J connectivity index is 1.61. The number of benzene rings is 2. The number of carbonyl (C=O) groups excluding carboxylic acids is 3. The summed E-state index contributed by atoms with van der Waals surface area (Å²) in [6.45, 7) is 1.68. The van der Waals surface area contributed by atoms with Gasteiger partial charge in [-0.25, -0.2) is 0 Å². The van der Waals surface area contributed by atoms with Crippen LogP contribution in [0.3, 0.4) is 0 Å². The smallest absolute Gasteiger partial charge is 0.316 e. The average molecular weight is 421 g/mol. The fraction of sp³-hybridized carbons (Fsp3) is 0.250. The Bertz CT molecular complexity index is 810. The first-order valence-corrected chi connectivity index (χ1v) is 10.2. The van der Waals surface area contributed by atoms with Crippen LogP contribution in [0.1, 0.15) is 12.5 Å². The minimum absolute atomic E-state index is 0.0213. The van der Waals surface area contributed by atoms with Gasteiger partial charge in [0.25, 0.3) is 5.91 Å². The summed E-state index contributed by atoms with van der Waals surface area (Å²) in [6.07, 6.45) is 0.918. The highest BCUT2D eigenvalue weighted by atomic mass is 35.5. The van der Waals surface area contributed by atoms with E-state index in [-0.39, 0.29) is 24.0 Å². The monoisotopic (exact) mass is 420 g/mol. The molecule has 0 bridgehead atoms. The normalized spacial score (nSPS) is 10.2. The van der Waals surface area contributed by atoms with E-state index in [9.17, 15) is 14.4 Å². The zero-order valence-electron chi connectivity index (χ0n) is 15.4. The van der Waals surface area contributed by atoms with Crippen molar-refractivity contribution in [3.8, 4) is 0 Å². The highest BCUT2D eigenvalue weighted by Crippen LogP contribution is 2.14. The lowest BCUT2D eigenvalue weighted by molar-refractivity contribution is -0.144. The van der Waals surface area contributed by atoms with E-state index in [4.69, 9.17) is 16.3 Å². The second kappa shape index (κ2) is 11.4. The van der Waals surface area contributed by atoms with Crippen LogP contribution in [-0.2, 0) is 25.5 Å².